The van der Waals surface area contributed by atoms with Crippen molar-refractivity contribution in [1.29, 1.82) is 0 Å². The Labute approximate surface area is 195 Å². The highest BCUT2D eigenvalue weighted by molar-refractivity contribution is 5.88. The number of carbonyl (C=O) groups excluding carboxylic acids is 2. The molecule has 2 heterocycles. The van der Waals surface area contributed by atoms with Gasteiger partial charge in [-0.15, -0.1) is 0 Å². The van der Waals surface area contributed by atoms with Crippen LogP contribution < -0.4 is 10.6 Å². The first-order valence-corrected chi connectivity index (χ1v) is 11.7. The highest BCUT2D eigenvalue weighted by atomic mass is 16.7. The van der Waals surface area contributed by atoms with Crippen molar-refractivity contribution < 1.29 is 19.2 Å². The van der Waals surface area contributed by atoms with Crippen LogP contribution in [0.2, 0.25) is 0 Å². The number of nitrogens with zero attached hydrogens (tertiary/aromatic N) is 1. The Morgan fingerprint density at radius 1 is 1.15 bits per heavy atom. The Morgan fingerprint density at radius 2 is 1.88 bits per heavy atom. The molecule has 2 N–H and O–H groups in total. The molecule has 0 spiro atoms. The lowest BCUT2D eigenvalue weighted by Crippen LogP contribution is -2.54. The number of fused-ring (bicyclic) bond motifs is 1. The molecule has 7 nitrogen and oxygen atoms in total. The lowest BCUT2D eigenvalue weighted by molar-refractivity contribution is -0.203. The summed E-state index contributed by atoms with van der Waals surface area (Å²) in [6.07, 6.45) is 2.18. The van der Waals surface area contributed by atoms with Crippen LogP contribution >= 0.6 is 0 Å². The van der Waals surface area contributed by atoms with Crippen molar-refractivity contribution in [1.82, 2.24) is 15.7 Å². The predicted octanol–water partition coefficient (Wildman–Crippen LogP) is 2.59. The molecule has 0 radical (unpaired) electrons. The van der Waals surface area contributed by atoms with E-state index in [1.54, 1.807) is 7.11 Å². The predicted molar refractivity (Wildman–Crippen MR) is 125 cm³/mol. The monoisotopic (exact) mass is 451 g/mol. The Kier molecular flexibility index (Phi) is 7.75. The van der Waals surface area contributed by atoms with Crippen LogP contribution in [0.15, 0.2) is 54.6 Å². The number of hydroxylamine groups is 2. The van der Waals surface area contributed by atoms with Crippen LogP contribution in [0.1, 0.15) is 36.5 Å². The van der Waals surface area contributed by atoms with Gasteiger partial charge in [0.1, 0.15) is 12.6 Å². The minimum absolute atomic E-state index is 0.140. The topological polar surface area (TPSA) is 79.9 Å². The average molecular weight is 452 g/mol. The highest BCUT2D eigenvalue weighted by Gasteiger charge is 2.36. The van der Waals surface area contributed by atoms with Gasteiger partial charge in [0.15, 0.2) is 0 Å². The van der Waals surface area contributed by atoms with Gasteiger partial charge in [0.2, 0.25) is 5.91 Å². The first kappa shape index (κ1) is 23.4. The van der Waals surface area contributed by atoms with Crippen molar-refractivity contribution >= 4 is 11.8 Å². The summed E-state index contributed by atoms with van der Waals surface area (Å²) in [6, 6.07) is 17.1. The normalized spacial score (nSPS) is 20.5. The largest absolute Gasteiger partial charge is 0.379 e. The maximum Gasteiger partial charge on any atom is 0.269 e. The third-order valence-electron chi connectivity index (χ3n) is 6.62. The second-order valence-corrected chi connectivity index (χ2v) is 8.86. The number of amides is 2. The van der Waals surface area contributed by atoms with Crippen LogP contribution in [0.25, 0.3) is 0 Å². The van der Waals surface area contributed by atoms with Gasteiger partial charge in [0.25, 0.3) is 5.91 Å². The second kappa shape index (κ2) is 10.9. The SMILES string of the molecule is COC(C1CCCN1)C(C)C(=O)NC(Cc1ccccc1)C(=O)N1Cc2ccccc2CO1. The maximum atomic E-state index is 13.5. The standard InChI is InChI=1S/C26H33N3O4/c1-18(24(32-2)22-13-8-14-27-22)25(30)28-23(15-19-9-4-3-5-10-19)26(31)29-16-20-11-6-7-12-21(20)17-33-29/h3-7,9-12,18,22-24,27H,8,13-17H2,1-2H3,(H,28,30). The summed E-state index contributed by atoms with van der Waals surface area (Å²) in [6.45, 7) is 3.49. The fourth-order valence-electron chi connectivity index (χ4n) is 4.73. The van der Waals surface area contributed by atoms with Crippen LogP contribution in [0, 0.1) is 5.92 Å². The molecule has 7 heteroatoms. The second-order valence-electron chi connectivity index (χ2n) is 8.86. The van der Waals surface area contributed by atoms with Crippen molar-refractivity contribution in [3.05, 3.63) is 71.3 Å². The van der Waals surface area contributed by atoms with Crippen LogP contribution in [0.5, 0.6) is 0 Å². The van der Waals surface area contributed by atoms with Crippen LogP contribution in [0.4, 0.5) is 0 Å². The molecule has 2 aliphatic rings. The summed E-state index contributed by atoms with van der Waals surface area (Å²) in [5.41, 5.74) is 3.11. The van der Waals surface area contributed by atoms with E-state index in [4.69, 9.17) is 9.57 Å². The third-order valence-corrected chi connectivity index (χ3v) is 6.62. The Bertz CT molecular complexity index is 946. The summed E-state index contributed by atoms with van der Waals surface area (Å²) >= 11 is 0. The number of benzene rings is 2. The van der Waals surface area contributed by atoms with E-state index in [0.717, 1.165) is 36.1 Å². The van der Waals surface area contributed by atoms with Gasteiger partial charge in [-0.2, -0.15) is 0 Å². The zero-order valence-corrected chi connectivity index (χ0v) is 19.3. The lowest BCUT2D eigenvalue weighted by atomic mass is 9.94. The zero-order chi connectivity index (χ0) is 23.2. The van der Waals surface area contributed by atoms with Gasteiger partial charge >= 0.3 is 0 Å². The van der Waals surface area contributed by atoms with Crippen molar-refractivity contribution in [2.24, 2.45) is 5.92 Å². The number of hydrogen-bond acceptors (Lipinski definition) is 5. The number of carbonyl (C=O) groups is 2. The number of hydrogen-bond donors (Lipinski definition) is 2. The van der Waals surface area contributed by atoms with Crippen molar-refractivity contribution in [2.75, 3.05) is 13.7 Å². The van der Waals surface area contributed by atoms with E-state index >= 15 is 0 Å². The van der Waals surface area contributed by atoms with Gasteiger partial charge in [-0.3, -0.25) is 14.4 Å². The van der Waals surface area contributed by atoms with Crippen LogP contribution in [0.3, 0.4) is 0 Å². The molecular formula is C26H33N3O4. The number of ether oxygens (including phenoxy) is 1. The lowest BCUT2D eigenvalue weighted by Gasteiger charge is -2.32. The Morgan fingerprint density at radius 3 is 2.58 bits per heavy atom. The maximum absolute atomic E-state index is 13.5. The smallest absolute Gasteiger partial charge is 0.269 e. The summed E-state index contributed by atoms with van der Waals surface area (Å²) in [5, 5.41) is 7.81. The first-order chi connectivity index (χ1) is 16.1. The van der Waals surface area contributed by atoms with E-state index < -0.39 is 12.0 Å². The van der Waals surface area contributed by atoms with E-state index in [9.17, 15) is 9.59 Å². The molecule has 2 aromatic rings. The fourth-order valence-corrected chi connectivity index (χ4v) is 4.73. The van der Waals surface area contributed by atoms with Gasteiger partial charge in [-0.05, 0) is 36.1 Å². The van der Waals surface area contributed by atoms with Gasteiger partial charge < -0.3 is 15.4 Å². The molecule has 176 valence electrons. The minimum atomic E-state index is -0.735. The van der Waals surface area contributed by atoms with E-state index in [1.165, 1.54) is 5.06 Å². The molecule has 4 rings (SSSR count). The van der Waals surface area contributed by atoms with Crippen molar-refractivity contribution in [3.8, 4) is 0 Å². The van der Waals surface area contributed by atoms with E-state index in [1.807, 2.05) is 61.5 Å². The minimum Gasteiger partial charge on any atom is -0.379 e. The summed E-state index contributed by atoms with van der Waals surface area (Å²) < 4.78 is 5.69. The molecule has 2 aromatic carbocycles. The molecule has 4 unspecified atom stereocenters. The van der Waals surface area contributed by atoms with Gasteiger partial charge in [-0.1, -0.05) is 61.5 Å². The summed E-state index contributed by atoms with van der Waals surface area (Å²) in [4.78, 5) is 32.5. The zero-order valence-electron chi connectivity index (χ0n) is 19.3. The van der Waals surface area contributed by atoms with E-state index in [-0.39, 0.29) is 24.0 Å². The molecule has 2 aliphatic heterocycles. The summed E-state index contributed by atoms with van der Waals surface area (Å²) in [5.74, 6) is -0.844. The van der Waals surface area contributed by atoms with Crippen LogP contribution in [-0.4, -0.2) is 48.7 Å². The molecule has 0 aliphatic carbocycles. The van der Waals surface area contributed by atoms with Gasteiger partial charge in [0.05, 0.1) is 18.6 Å². The third kappa shape index (κ3) is 5.61. The Balaban J connectivity index is 1.49. The molecule has 0 aromatic heterocycles. The molecule has 33 heavy (non-hydrogen) atoms. The number of rotatable bonds is 8. The summed E-state index contributed by atoms with van der Waals surface area (Å²) in [7, 11) is 1.64. The van der Waals surface area contributed by atoms with E-state index in [0.29, 0.717) is 19.6 Å². The molecule has 0 saturated carbocycles. The average Bonchev–Trinajstić information content (AvgIpc) is 3.38. The van der Waals surface area contributed by atoms with Crippen molar-refractivity contribution in [2.45, 2.75) is 57.5 Å². The van der Waals surface area contributed by atoms with Gasteiger partial charge in [0, 0.05) is 19.6 Å². The first-order valence-electron chi connectivity index (χ1n) is 11.7. The highest BCUT2D eigenvalue weighted by Crippen LogP contribution is 2.22. The van der Waals surface area contributed by atoms with Gasteiger partial charge in [-0.25, -0.2) is 5.06 Å². The molecule has 0 bridgehead atoms. The molecule has 1 saturated heterocycles. The number of methoxy groups -OCH3 is 1. The molecule has 4 atom stereocenters. The molecule has 2 amide bonds. The van der Waals surface area contributed by atoms with E-state index in [2.05, 4.69) is 10.6 Å². The molecular weight excluding hydrogens is 418 g/mol. The quantitative estimate of drug-likeness (QED) is 0.645. The Hall–Kier alpha value is -2.74. The van der Waals surface area contributed by atoms with Crippen LogP contribution in [-0.2, 0) is 38.7 Å². The van der Waals surface area contributed by atoms with Crippen molar-refractivity contribution in [3.63, 3.8) is 0 Å². The molecule has 1 fully saturated rings. The number of nitrogens with one attached hydrogen (secondary N) is 2. The fraction of sp³-hybridized carbons (Fsp3) is 0.462.